The van der Waals surface area contributed by atoms with Gasteiger partial charge in [0.2, 0.25) is 0 Å². The van der Waals surface area contributed by atoms with E-state index in [0.29, 0.717) is 5.92 Å². The van der Waals surface area contributed by atoms with Gasteiger partial charge in [0, 0.05) is 6.07 Å². The van der Waals surface area contributed by atoms with Crippen molar-refractivity contribution in [3.63, 3.8) is 0 Å². The average molecular weight is 439 g/mol. The van der Waals surface area contributed by atoms with E-state index in [0.717, 1.165) is 55.4 Å². The molecule has 31 heavy (non-hydrogen) atoms. The number of alkyl halides is 2. The van der Waals surface area contributed by atoms with E-state index >= 15 is 0 Å². The van der Waals surface area contributed by atoms with E-state index in [1.54, 1.807) is 0 Å². The summed E-state index contributed by atoms with van der Waals surface area (Å²) in [6.07, 6.45) is 11.8. The first kappa shape index (κ1) is 22.5. The summed E-state index contributed by atoms with van der Waals surface area (Å²) in [5.74, 6) is 2.13. The molecule has 6 heteroatoms. The van der Waals surface area contributed by atoms with Gasteiger partial charge in [0.25, 0.3) is 0 Å². The van der Waals surface area contributed by atoms with Crippen LogP contribution in [-0.2, 0) is 4.79 Å². The standard InChI is InChI=1S/C25H33F3O3/c1-15-2-3-20-13-19(9-8-18(20)12-15)16-4-6-17(7-5-16)24(29)31-23-11-10-21(14-22(23)26)30-25(27)28/h10-11,14-20,25H,2-9,12-13H2,1H3. The van der Waals surface area contributed by atoms with Crippen LogP contribution in [-0.4, -0.2) is 12.6 Å². The molecular weight excluding hydrogens is 405 g/mol. The van der Waals surface area contributed by atoms with Crippen molar-refractivity contribution in [2.75, 3.05) is 0 Å². The van der Waals surface area contributed by atoms with Crippen molar-refractivity contribution in [2.24, 2.45) is 35.5 Å². The maximum Gasteiger partial charge on any atom is 0.387 e. The van der Waals surface area contributed by atoms with Crippen molar-refractivity contribution in [3.05, 3.63) is 24.0 Å². The molecule has 4 rings (SSSR count). The molecule has 0 N–H and O–H groups in total. The number of carbonyl (C=O) groups excluding carboxylic acids is 1. The van der Waals surface area contributed by atoms with Crippen LogP contribution >= 0.6 is 0 Å². The minimum absolute atomic E-state index is 0.223. The predicted octanol–water partition coefficient (Wildman–Crippen LogP) is 6.99. The molecule has 3 nitrogen and oxygen atoms in total. The van der Waals surface area contributed by atoms with Crippen LogP contribution in [0.15, 0.2) is 18.2 Å². The first-order chi connectivity index (χ1) is 14.9. The van der Waals surface area contributed by atoms with Crippen LogP contribution in [0.1, 0.15) is 71.1 Å². The van der Waals surface area contributed by atoms with Crippen LogP contribution in [0, 0.1) is 41.3 Å². The first-order valence-electron chi connectivity index (χ1n) is 11.8. The van der Waals surface area contributed by atoms with E-state index in [9.17, 15) is 18.0 Å². The third-order valence-electron chi connectivity index (χ3n) is 8.03. The third kappa shape index (κ3) is 5.56. The Balaban J connectivity index is 1.26. The smallest absolute Gasteiger partial charge is 0.387 e. The Kier molecular flexibility index (Phi) is 7.12. The summed E-state index contributed by atoms with van der Waals surface area (Å²) in [6.45, 7) is -0.639. The number of benzene rings is 1. The van der Waals surface area contributed by atoms with Gasteiger partial charge in [0.1, 0.15) is 5.75 Å². The largest absolute Gasteiger partial charge is 0.435 e. The summed E-state index contributed by atoms with van der Waals surface area (Å²) in [5, 5.41) is 0. The van der Waals surface area contributed by atoms with Crippen molar-refractivity contribution in [1.82, 2.24) is 0 Å². The fourth-order valence-electron chi connectivity index (χ4n) is 6.35. The molecule has 3 fully saturated rings. The summed E-state index contributed by atoms with van der Waals surface area (Å²) < 4.78 is 48.0. The van der Waals surface area contributed by atoms with Crippen molar-refractivity contribution in [2.45, 2.75) is 77.7 Å². The number of hydrogen-bond donors (Lipinski definition) is 0. The first-order valence-corrected chi connectivity index (χ1v) is 11.8. The second-order valence-corrected chi connectivity index (χ2v) is 10.0. The number of rotatable bonds is 5. The lowest BCUT2D eigenvalue weighted by atomic mass is 9.61. The van der Waals surface area contributed by atoms with Crippen LogP contribution in [0.5, 0.6) is 11.5 Å². The molecular formula is C25H33F3O3. The lowest BCUT2D eigenvalue weighted by Gasteiger charge is -2.44. The Hall–Kier alpha value is -1.72. The quantitative estimate of drug-likeness (QED) is 0.367. The maximum atomic E-state index is 14.1. The molecule has 0 radical (unpaired) electrons. The SMILES string of the molecule is CC1CCC2CC(C3CCC(C(=O)Oc4ccc(OC(F)F)cc4F)CC3)CCC2C1. The van der Waals surface area contributed by atoms with Crippen LogP contribution in [0.4, 0.5) is 13.2 Å². The average Bonchev–Trinajstić information content (AvgIpc) is 2.75. The highest BCUT2D eigenvalue weighted by atomic mass is 19.3. The van der Waals surface area contributed by atoms with Gasteiger partial charge in [-0.1, -0.05) is 13.3 Å². The monoisotopic (exact) mass is 438 g/mol. The van der Waals surface area contributed by atoms with Crippen molar-refractivity contribution >= 4 is 5.97 Å². The number of ether oxygens (including phenoxy) is 2. The third-order valence-corrected chi connectivity index (χ3v) is 8.03. The van der Waals surface area contributed by atoms with E-state index in [1.807, 2.05) is 0 Å². The molecule has 3 aliphatic rings. The highest BCUT2D eigenvalue weighted by Crippen LogP contribution is 2.49. The molecule has 3 aliphatic carbocycles. The van der Waals surface area contributed by atoms with Gasteiger partial charge >= 0.3 is 12.6 Å². The van der Waals surface area contributed by atoms with Crippen LogP contribution in [0.2, 0.25) is 0 Å². The van der Waals surface area contributed by atoms with Gasteiger partial charge in [0.05, 0.1) is 5.92 Å². The molecule has 1 aromatic carbocycles. The summed E-state index contributed by atoms with van der Waals surface area (Å²) in [7, 11) is 0. The molecule has 3 saturated carbocycles. The van der Waals surface area contributed by atoms with E-state index < -0.39 is 18.4 Å². The molecule has 1 aromatic rings. The molecule has 0 heterocycles. The van der Waals surface area contributed by atoms with Gasteiger partial charge in [-0.2, -0.15) is 8.78 Å². The molecule has 0 amide bonds. The minimum atomic E-state index is -3.03. The fraction of sp³-hybridized carbons (Fsp3) is 0.720. The zero-order valence-corrected chi connectivity index (χ0v) is 18.2. The second-order valence-electron chi connectivity index (χ2n) is 10.0. The van der Waals surface area contributed by atoms with Crippen molar-refractivity contribution < 1.29 is 27.4 Å². The van der Waals surface area contributed by atoms with Crippen LogP contribution in [0.3, 0.4) is 0 Å². The van der Waals surface area contributed by atoms with E-state index in [-0.39, 0.29) is 17.4 Å². The van der Waals surface area contributed by atoms with Gasteiger partial charge < -0.3 is 9.47 Å². The summed E-state index contributed by atoms with van der Waals surface area (Å²) >= 11 is 0. The van der Waals surface area contributed by atoms with Gasteiger partial charge in [-0.15, -0.1) is 0 Å². The van der Waals surface area contributed by atoms with Gasteiger partial charge in [-0.05, 0) is 99.5 Å². The van der Waals surface area contributed by atoms with E-state index in [1.165, 1.54) is 50.7 Å². The van der Waals surface area contributed by atoms with Gasteiger partial charge in [0.15, 0.2) is 11.6 Å². The summed E-state index contributed by atoms with van der Waals surface area (Å²) in [4.78, 5) is 12.5. The molecule has 0 saturated heterocycles. The predicted molar refractivity (Wildman–Crippen MR) is 111 cm³/mol. The lowest BCUT2D eigenvalue weighted by Crippen LogP contribution is -2.35. The molecule has 172 valence electrons. The lowest BCUT2D eigenvalue weighted by molar-refractivity contribution is -0.140. The van der Waals surface area contributed by atoms with E-state index in [4.69, 9.17) is 4.74 Å². The molecule has 0 aliphatic heterocycles. The number of carbonyl (C=O) groups is 1. The highest BCUT2D eigenvalue weighted by molar-refractivity contribution is 5.75. The maximum absolute atomic E-state index is 14.1. The van der Waals surface area contributed by atoms with Crippen molar-refractivity contribution in [1.29, 1.82) is 0 Å². The number of esters is 1. The summed E-state index contributed by atoms with van der Waals surface area (Å²) in [6, 6.07) is 3.16. The second kappa shape index (κ2) is 9.83. The van der Waals surface area contributed by atoms with E-state index in [2.05, 4.69) is 11.7 Å². The molecule has 4 unspecified atom stereocenters. The van der Waals surface area contributed by atoms with Crippen molar-refractivity contribution in [3.8, 4) is 11.5 Å². The Bertz CT molecular complexity index is 760. The zero-order chi connectivity index (χ0) is 22.0. The molecule has 4 atom stereocenters. The van der Waals surface area contributed by atoms with Gasteiger partial charge in [-0.25, -0.2) is 4.39 Å². The molecule has 0 bridgehead atoms. The Morgan fingerprint density at radius 2 is 1.52 bits per heavy atom. The number of fused-ring (bicyclic) bond motifs is 1. The van der Waals surface area contributed by atoms with Crippen LogP contribution < -0.4 is 9.47 Å². The Labute approximate surface area is 182 Å². The number of halogens is 3. The molecule has 0 spiro atoms. The van der Waals surface area contributed by atoms with Gasteiger partial charge in [-0.3, -0.25) is 4.79 Å². The van der Waals surface area contributed by atoms with Crippen LogP contribution in [0.25, 0.3) is 0 Å². The number of hydrogen-bond acceptors (Lipinski definition) is 3. The summed E-state index contributed by atoms with van der Waals surface area (Å²) in [5.41, 5.74) is 0. The molecule has 0 aromatic heterocycles. The minimum Gasteiger partial charge on any atom is -0.435 e. The topological polar surface area (TPSA) is 35.5 Å². The normalized spacial score (nSPS) is 33.6. The fourth-order valence-corrected chi connectivity index (χ4v) is 6.35. The highest BCUT2D eigenvalue weighted by Gasteiger charge is 2.39. The Morgan fingerprint density at radius 3 is 2.19 bits per heavy atom. The Morgan fingerprint density at radius 1 is 0.903 bits per heavy atom. The zero-order valence-electron chi connectivity index (χ0n) is 18.2.